The lowest BCUT2D eigenvalue weighted by atomic mass is 9.97. The molecule has 0 bridgehead atoms. The number of nitrogens with one attached hydrogen (secondary N) is 1. The topological polar surface area (TPSA) is 287 Å². The third kappa shape index (κ3) is 22.7. The minimum Gasteiger partial charge on any atom is -0.394 e. The molecule has 18 nitrogen and oxygen atoms in total. The van der Waals surface area contributed by atoms with Gasteiger partial charge in [0.1, 0.15) is 67.1 Å². The van der Waals surface area contributed by atoms with Crippen LogP contribution in [0.5, 0.6) is 0 Å². The quantitative estimate of drug-likeness (QED) is 0.0383. The summed E-state index contributed by atoms with van der Waals surface area (Å²) in [5, 5.41) is 110. The van der Waals surface area contributed by atoms with E-state index in [0.29, 0.717) is 12.8 Å². The summed E-state index contributed by atoms with van der Waals surface area (Å²) in [6, 6.07) is -0.870. The zero-order valence-electron chi connectivity index (χ0n) is 43.1. The van der Waals surface area contributed by atoms with Crippen molar-refractivity contribution in [1.82, 2.24) is 5.32 Å². The third-order valence-electron chi connectivity index (χ3n) is 14.4. The first-order chi connectivity index (χ1) is 33.7. The van der Waals surface area contributed by atoms with Gasteiger partial charge in [0, 0.05) is 6.42 Å². The molecule has 0 aromatic carbocycles. The van der Waals surface area contributed by atoms with Crippen LogP contribution in [0.25, 0.3) is 0 Å². The molecule has 1 amide bonds. The van der Waals surface area contributed by atoms with Crippen molar-refractivity contribution < 1.29 is 84.3 Å². The average Bonchev–Trinajstić information content (AvgIpc) is 3.35. The molecule has 70 heavy (non-hydrogen) atoms. The summed E-state index contributed by atoms with van der Waals surface area (Å²) >= 11 is 0. The molecule has 0 saturated carbocycles. The summed E-state index contributed by atoms with van der Waals surface area (Å²) in [6.45, 7) is 4.26. The third-order valence-corrected chi connectivity index (χ3v) is 14.4. The Morgan fingerprint density at radius 3 is 1.46 bits per heavy atom. The first-order valence-corrected chi connectivity index (χ1v) is 27.6. The van der Waals surface area contributed by atoms with E-state index in [1.807, 2.05) is 0 Å². The van der Waals surface area contributed by atoms with E-state index in [2.05, 4.69) is 19.2 Å². The number of carbonyl (C=O) groups excluding carboxylic acids is 1. The standard InChI is InChI=1S/C52H99NO17/c1-4-6-8-10-12-14-16-18-20-22-24-26-28-30-37(55)36(53-40(56)31-29-27-25-23-21-19-17-15-13-11-9-7-5-2)33-65-50-46(62)45(61)42(58)39(69-50)34-66-51-48(64)49(43(59)38(32-54)68-51)70-52-47(63)44(60)41(57)35(3)67-52/h35-39,41-52,54-55,57-64H,4-34H2,1-3H3,(H,53,56)/t35-,36+,37-,38-,39-,41+,42+,43+,44+,45+,46-,47-,48-,49+,50-,51-,52-/m1/s1. The fourth-order valence-electron chi connectivity index (χ4n) is 9.62. The van der Waals surface area contributed by atoms with Crippen LogP contribution in [-0.2, 0) is 33.2 Å². The van der Waals surface area contributed by atoms with E-state index in [9.17, 15) is 55.9 Å². The van der Waals surface area contributed by atoms with Crippen LogP contribution in [0.1, 0.15) is 201 Å². The Morgan fingerprint density at radius 1 is 0.500 bits per heavy atom. The molecule has 11 N–H and O–H groups in total. The van der Waals surface area contributed by atoms with Crippen LogP contribution in [0.3, 0.4) is 0 Å². The highest BCUT2D eigenvalue weighted by molar-refractivity contribution is 5.76. The van der Waals surface area contributed by atoms with Crippen molar-refractivity contribution in [2.24, 2.45) is 0 Å². The summed E-state index contributed by atoms with van der Waals surface area (Å²) in [5.41, 5.74) is 0. The van der Waals surface area contributed by atoms with E-state index >= 15 is 0 Å². The Balaban J connectivity index is 1.53. The molecule has 0 aromatic rings. The first-order valence-electron chi connectivity index (χ1n) is 27.6. The lowest BCUT2D eigenvalue weighted by molar-refractivity contribution is -0.363. The maximum atomic E-state index is 13.3. The Labute approximate surface area is 419 Å². The summed E-state index contributed by atoms with van der Waals surface area (Å²) in [6.07, 6.45) is 6.63. The highest BCUT2D eigenvalue weighted by Gasteiger charge is 2.51. The number of amides is 1. The molecule has 0 radical (unpaired) electrons. The van der Waals surface area contributed by atoms with Crippen molar-refractivity contribution in [2.75, 3.05) is 19.8 Å². The van der Waals surface area contributed by atoms with Crippen LogP contribution >= 0.6 is 0 Å². The molecule has 414 valence electrons. The van der Waals surface area contributed by atoms with Gasteiger partial charge < -0.3 is 84.8 Å². The molecule has 18 heteroatoms. The molecule has 3 saturated heterocycles. The maximum Gasteiger partial charge on any atom is 0.220 e. The monoisotopic (exact) mass is 1010 g/mol. The maximum absolute atomic E-state index is 13.3. The molecule has 3 aliphatic rings. The van der Waals surface area contributed by atoms with Crippen LogP contribution in [0.15, 0.2) is 0 Å². The van der Waals surface area contributed by atoms with Crippen LogP contribution in [-0.4, -0.2) is 181 Å². The Kier molecular flexibility index (Phi) is 33.1. The summed E-state index contributed by atoms with van der Waals surface area (Å²) in [4.78, 5) is 13.3. The zero-order chi connectivity index (χ0) is 51.3. The summed E-state index contributed by atoms with van der Waals surface area (Å²) in [7, 11) is 0. The van der Waals surface area contributed by atoms with Crippen molar-refractivity contribution in [1.29, 1.82) is 0 Å². The minimum atomic E-state index is -1.81. The van der Waals surface area contributed by atoms with Crippen molar-refractivity contribution >= 4 is 5.91 Å². The van der Waals surface area contributed by atoms with Gasteiger partial charge in [0.2, 0.25) is 5.91 Å². The van der Waals surface area contributed by atoms with Gasteiger partial charge in [0.25, 0.3) is 0 Å². The molecule has 3 rings (SSSR count). The van der Waals surface area contributed by atoms with E-state index in [4.69, 9.17) is 28.4 Å². The van der Waals surface area contributed by atoms with E-state index < -0.39 is 117 Å². The summed E-state index contributed by atoms with van der Waals surface area (Å²) in [5.74, 6) is -0.236. The van der Waals surface area contributed by atoms with Gasteiger partial charge in [0.15, 0.2) is 18.9 Å². The summed E-state index contributed by atoms with van der Waals surface area (Å²) < 4.78 is 34.3. The van der Waals surface area contributed by atoms with Gasteiger partial charge in [-0.2, -0.15) is 0 Å². The second-order valence-electron chi connectivity index (χ2n) is 20.4. The molecule has 3 fully saturated rings. The highest BCUT2D eigenvalue weighted by atomic mass is 16.7. The van der Waals surface area contributed by atoms with Crippen LogP contribution in [0, 0.1) is 0 Å². The van der Waals surface area contributed by atoms with Crippen LogP contribution in [0.2, 0.25) is 0 Å². The molecular weight excluding hydrogens is 911 g/mol. The van der Waals surface area contributed by atoms with E-state index in [-0.39, 0.29) is 18.9 Å². The minimum absolute atomic E-state index is 0.236. The second kappa shape index (κ2) is 36.7. The Hall–Kier alpha value is -1.17. The fourth-order valence-corrected chi connectivity index (χ4v) is 9.62. The molecule has 0 aliphatic carbocycles. The molecule has 0 spiro atoms. The van der Waals surface area contributed by atoms with Gasteiger partial charge in [-0.1, -0.05) is 174 Å². The van der Waals surface area contributed by atoms with Gasteiger partial charge in [-0.15, -0.1) is 0 Å². The normalized spacial score (nSPS) is 32.5. The molecular formula is C52H99NO17. The van der Waals surface area contributed by atoms with Crippen LogP contribution < -0.4 is 5.32 Å². The lowest BCUT2D eigenvalue weighted by Gasteiger charge is -2.46. The number of hydrogen-bond acceptors (Lipinski definition) is 17. The average molecular weight is 1010 g/mol. The number of carbonyl (C=O) groups is 1. The SMILES string of the molecule is CCCCCCCCCCCCCCCC(=O)N[C@@H](CO[C@@H]1O[C@H](CO[C@@H]2O[C@H](CO)[C@H](O)[C@H](O[C@H]3O[C@H](C)[C@H](O)[C@H](O)[C@H]3O)[C@H]2O)[C@H](O)[C@H](O)[C@H]1O)[C@H](O)CCCCCCCCCCCCCCC. The van der Waals surface area contributed by atoms with Gasteiger partial charge >= 0.3 is 0 Å². The van der Waals surface area contributed by atoms with Gasteiger partial charge in [-0.3, -0.25) is 4.79 Å². The largest absolute Gasteiger partial charge is 0.394 e. The fraction of sp³-hybridized carbons (Fsp3) is 0.981. The predicted molar refractivity (Wildman–Crippen MR) is 262 cm³/mol. The van der Waals surface area contributed by atoms with Crippen molar-refractivity contribution in [3.63, 3.8) is 0 Å². The molecule has 0 unspecified atom stereocenters. The van der Waals surface area contributed by atoms with Gasteiger partial charge in [0.05, 0.1) is 38.1 Å². The number of unbranched alkanes of at least 4 members (excludes halogenated alkanes) is 24. The van der Waals surface area contributed by atoms with Crippen molar-refractivity contribution in [3.05, 3.63) is 0 Å². The smallest absolute Gasteiger partial charge is 0.220 e. The molecule has 17 atom stereocenters. The van der Waals surface area contributed by atoms with Crippen molar-refractivity contribution in [2.45, 2.75) is 305 Å². The molecule has 3 aliphatic heterocycles. The number of ether oxygens (including phenoxy) is 6. The van der Waals surface area contributed by atoms with Crippen LogP contribution in [0.4, 0.5) is 0 Å². The predicted octanol–water partition coefficient (Wildman–Crippen LogP) is 4.29. The Morgan fingerprint density at radius 2 is 0.943 bits per heavy atom. The molecule has 0 aromatic heterocycles. The van der Waals surface area contributed by atoms with E-state index in [0.717, 1.165) is 44.9 Å². The number of aliphatic hydroxyl groups excluding tert-OH is 10. The first kappa shape index (κ1) is 63.1. The number of hydrogen-bond donors (Lipinski definition) is 11. The Bertz CT molecular complexity index is 1310. The van der Waals surface area contributed by atoms with Gasteiger partial charge in [-0.25, -0.2) is 0 Å². The van der Waals surface area contributed by atoms with E-state index in [1.54, 1.807) is 0 Å². The molecule has 3 heterocycles. The van der Waals surface area contributed by atoms with Crippen molar-refractivity contribution in [3.8, 4) is 0 Å². The number of rotatable bonds is 39. The second-order valence-corrected chi connectivity index (χ2v) is 20.4. The highest BCUT2D eigenvalue weighted by Crippen LogP contribution is 2.31. The number of aliphatic hydroxyl groups is 10. The van der Waals surface area contributed by atoms with Gasteiger partial charge in [-0.05, 0) is 19.8 Å². The lowest BCUT2D eigenvalue weighted by Crippen LogP contribution is -2.64. The zero-order valence-corrected chi connectivity index (χ0v) is 43.1. The van der Waals surface area contributed by atoms with E-state index in [1.165, 1.54) is 122 Å².